The van der Waals surface area contributed by atoms with Gasteiger partial charge in [-0.15, -0.1) is 21.6 Å². The summed E-state index contributed by atoms with van der Waals surface area (Å²) >= 11 is 1.10. The minimum atomic E-state index is -4.51. The van der Waals surface area contributed by atoms with Crippen molar-refractivity contribution in [1.82, 2.24) is 0 Å². The summed E-state index contributed by atoms with van der Waals surface area (Å²) in [6, 6.07) is 9.63. The van der Waals surface area contributed by atoms with Crippen LogP contribution in [0.1, 0.15) is 28.0 Å². The van der Waals surface area contributed by atoms with E-state index in [-0.39, 0.29) is 51.8 Å². The predicted octanol–water partition coefficient (Wildman–Crippen LogP) is 3.48. The first-order chi connectivity index (χ1) is 20.3. The molecule has 43 heavy (non-hydrogen) atoms. The first kappa shape index (κ1) is 36.2. The van der Waals surface area contributed by atoms with Crippen LogP contribution in [0.25, 0.3) is 0 Å². The monoisotopic (exact) mass is 659 g/mol. The number of rotatable bonds is 20. The van der Waals surface area contributed by atoms with Crippen LogP contribution in [0.3, 0.4) is 0 Å². The molecule has 0 aliphatic rings. The van der Waals surface area contributed by atoms with Gasteiger partial charge in [0.2, 0.25) is 0 Å². The quantitative estimate of drug-likeness (QED) is 0.118. The molecule has 0 aliphatic carbocycles. The normalized spacial score (nSPS) is 12.0. The van der Waals surface area contributed by atoms with E-state index in [1.165, 1.54) is 0 Å². The summed E-state index contributed by atoms with van der Waals surface area (Å²) in [6.45, 7) is 5.22. The molecule has 0 spiro atoms. The van der Waals surface area contributed by atoms with Gasteiger partial charge in [-0.2, -0.15) is 27.4 Å². The first-order valence-electron chi connectivity index (χ1n) is 12.9. The van der Waals surface area contributed by atoms with Crippen LogP contribution in [0, 0.1) is 36.5 Å². The molecular weight excluding hydrogens is 627 g/mol. The molecule has 0 amide bonds. The Labute approximate surface area is 255 Å². The highest BCUT2D eigenvalue weighted by Gasteiger charge is 2.15. The van der Waals surface area contributed by atoms with Crippen molar-refractivity contribution < 1.29 is 44.3 Å². The van der Waals surface area contributed by atoms with E-state index in [4.69, 9.17) is 23.3 Å². The van der Waals surface area contributed by atoms with Crippen molar-refractivity contribution in [1.29, 1.82) is 10.5 Å². The number of azo groups is 1. The summed E-state index contributed by atoms with van der Waals surface area (Å²) in [7, 11) is -8.55. The lowest BCUT2D eigenvalue weighted by atomic mass is 10.1. The Morgan fingerprint density at radius 2 is 1.51 bits per heavy atom. The van der Waals surface area contributed by atoms with E-state index in [1.54, 1.807) is 13.0 Å². The van der Waals surface area contributed by atoms with Gasteiger partial charge in [-0.25, -0.2) is 4.18 Å². The zero-order chi connectivity index (χ0) is 31.9. The zero-order valence-corrected chi connectivity index (χ0v) is 26.1. The van der Waals surface area contributed by atoms with Crippen LogP contribution < -0.4 is 4.90 Å². The minimum absolute atomic E-state index is 0.0451. The third-order valence-corrected chi connectivity index (χ3v) is 8.02. The second kappa shape index (κ2) is 17.9. The summed E-state index contributed by atoms with van der Waals surface area (Å²) in [5, 5.41) is 27.5. The van der Waals surface area contributed by atoms with E-state index in [0.717, 1.165) is 22.6 Å². The van der Waals surface area contributed by atoms with Crippen LogP contribution in [0.15, 0.2) is 28.4 Å². The van der Waals surface area contributed by atoms with E-state index >= 15 is 0 Å². The summed E-state index contributed by atoms with van der Waals surface area (Å²) in [5.74, 6) is -0.386. The van der Waals surface area contributed by atoms with Crippen molar-refractivity contribution in [2.75, 3.05) is 70.0 Å². The van der Waals surface area contributed by atoms with Crippen molar-refractivity contribution in [2.24, 2.45) is 10.2 Å². The molecule has 0 saturated carbocycles. The van der Waals surface area contributed by atoms with E-state index in [1.807, 2.05) is 24.0 Å². The Kier molecular flexibility index (Phi) is 15.1. The van der Waals surface area contributed by atoms with Gasteiger partial charge < -0.3 is 19.1 Å². The molecule has 0 aliphatic heterocycles. The third-order valence-electron chi connectivity index (χ3n) is 5.67. The van der Waals surface area contributed by atoms with Crippen molar-refractivity contribution in [3.05, 3.63) is 39.8 Å². The van der Waals surface area contributed by atoms with Gasteiger partial charge in [0.05, 0.1) is 56.6 Å². The largest absolute Gasteiger partial charge is 0.397 e. The summed E-state index contributed by atoms with van der Waals surface area (Å²) in [6.07, 6.45) is 0.156. The molecule has 1 aromatic heterocycles. The maximum absolute atomic E-state index is 10.9. The van der Waals surface area contributed by atoms with Gasteiger partial charge in [-0.1, -0.05) is 0 Å². The average Bonchev–Trinajstić information content (AvgIpc) is 3.24. The van der Waals surface area contributed by atoms with Gasteiger partial charge >= 0.3 is 10.4 Å². The fourth-order valence-corrected chi connectivity index (χ4v) is 5.18. The molecule has 236 valence electrons. The smallest absolute Gasteiger partial charge is 0.380 e. The number of thiophene rings is 1. The number of benzene rings is 1. The number of hydrogen-bond donors (Lipinski definition) is 2. The van der Waals surface area contributed by atoms with E-state index in [9.17, 15) is 27.4 Å². The standard InChI is InChI=1S/C25H33N5O10S3/c1-19-16-21(4-5-23(19)28-29-25-22(17-26)20(2)24(18-27)41-25)30(6-9-37-8-3-15-42(31,32)33)7-10-38-11-12-39-13-14-40-43(34,35)36/h4-5,16H,3,6-15H2,1-2H3,(H,31,32,33)(H,34,35,36)/b29-28+. The fourth-order valence-electron chi connectivity index (χ4n) is 3.54. The van der Waals surface area contributed by atoms with Crippen molar-refractivity contribution in [3.8, 4) is 12.1 Å². The zero-order valence-electron chi connectivity index (χ0n) is 23.6. The van der Waals surface area contributed by atoms with E-state index in [2.05, 4.69) is 26.6 Å². The number of ether oxygens (including phenoxy) is 3. The average molecular weight is 660 g/mol. The van der Waals surface area contributed by atoms with E-state index in [0.29, 0.717) is 46.4 Å². The van der Waals surface area contributed by atoms with Crippen LogP contribution in [0.4, 0.5) is 16.4 Å². The molecule has 1 aromatic carbocycles. The number of nitriles is 2. The number of aryl methyl sites for hydroxylation is 1. The minimum Gasteiger partial charge on any atom is -0.380 e. The molecule has 15 nitrogen and oxygen atoms in total. The molecular formula is C25H33N5O10S3. The maximum atomic E-state index is 10.9. The van der Waals surface area contributed by atoms with Crippen molar-refractivity contribution in [3.63, 3.8) is 0 Å². The number of nitrogens with zero attached hydrogens (tertiary/aromatic N) is 5. The van der Waals surface area contributed by atoms with Gasteiger partial charge in [0, 0.05) is 25.4 Å². The van der Waals surface area contributed by atoms with Crippen LogP contribution in [-0.2, 0) is 38.9 Å². The van der Waals surface area contributed by atoms with Gasteiger partial charge in [0.25, 0.3) is 10.1 Å². The Bertz CT molecular complexity index is 1530. The van der Waals surface area contributed by atoms with Gasteiger partial charge in [-0.3, -0.25) is 9.11 Å². The molecule has 0 saturated heterocycles. The Morgan fingerprint density at radius 3 is 2.09 bits per heavy atom. The van der Waals surface area contributed by atoms with Crippen molar-refractivity contribution >= 4 is 48.2 Å². The first-order valence-corrected chi connectivity index (χ1v) is 16.6. The van der Waals surface area contributed by atoms with Crippen LogP contribution in [-0.4, -0.2) is 91.0 Å². The summed E-state index contributed by atoms with van der Waals surface area (Å²) in [5.41, 5.74) is 3.10. The lowest BCUT2D eigenvalue weighted by molar-refractivity contribution is 0.0375. The molecule has 0 atom stereocenters. The highest BCUT2D eigenvalue weighted by Crippen LogP contribution is 2.36. The topological polar surface area (TPSA) is 221 Å². The summed E-state index contributed by atoms with van der Waals surface area (Å²) < 4.78 is 80.6. The van der Waals surface area contributed by atoms with Gasteiger partial charge in [0.15, 0.2) is 5.00 Å². The molecule has 0 bridgehead atoms. The SMILES string of the molecule is Cc1cc(N(CCOCCCS(=O)(=O)O)CCOCCOCCOS(=O)(=O)O)ccc1/N=N/c1sc(C#N)c(C)c1C#N. The van der Waals surface area contributed by atoms with Gasteiger partial charge in [0.1, 0.15) is 17.0 Å². The van der Waals surface area contributed by atoms with Crippen LogP contribution >= 0.6 is 11.3 Å². The van der Waals surface area contributed by atoms with Crippen LogP contribution in [0.5, 0.6) is 0 Å². The number of hydrogen-bond acceptors (Lipinski definition) is 14. The fraction of sp³-hybridized carbons (Fsp3) is 0.520. The van der Waals surface area contributed by atoms with Crippen LogP contribution in [0.2, 0.25) is 0 Å². The molecule has 0 fully saturated rings. The number of anilines is 1. The molecule has 2 rings (SSSR count). The lowest BCUT2D eigenvalue weighted by Crippen LogP contribution is -2.31. The van der Waals surface area contributed by atoms with E-state index < -0.39 is 20.5 Å². The Balaban J connectivity index is 2.00. The Morgan fingerprint density at radius 1 is 0.884 bits per heavy atom. The second-order valence-corrected chi connectivity index (χ2v) is 12.5. The van der Waals surface area contributed by atoms with Gasteiger partial charge in [-0.05, 0) is 49.6 Å². The maximum Gasteiger partial charge on any atom is 0.397 e. The third kappa shape index (κ3) is 13.9. The van der Waals surface area contributed by atoms with Crippen molar-refractivity contribution in [2.45, 2.75) is 20.3 Å². The highest BCUT2D eigenvalue weighted by atomic mass is 32.3. The molecule has 1 heterocycles. The predicted molar refractivity (Wildman–Crippen MR) is 157 cm³/mol. The summed E-state index contributed by atoms with van der Waals surface area (Å²) in [4.78, 5) is 2.40. The second-order valence-electron chi connectivity index (χ2n) is 8.84. The molecule has 0 radical (unpaired) electrons. The Hall–Kier alpha value is -3.04. The highest BCUT2D eigenvalue weighted by molar-refractivity contribution is 7.85. The molecule has 18 heteroatoms. The molecule has 2 N–H and O–H groups in total. The lowest BCUT2D eigenvalue weighted by Gasteiger charge is -2.25. The molecule has 2 aromatic rings. The molecule has 0 unspecified atom stereocenters.